The van der Waals surface area contributed by atoms with Crippen LogP contribution in [0, 0.1) is 5.92 Å². The van der Waals surface area contributed by atoms with E-state index in [1.54, 1.807) is 11.3 Å². The van der Waals surface area contributed by atoms with Gasteiger partial charge in [-0.3, -0.25) is 9.88 Å². The summed E-state index contributed by atoms with van der Waals surface area (Å²) in [5.41, 5.74) is 7.87. The third-order valence-electron chi connectivity index (χ3n) is 2.92. The van der Waals surface area contributed by atoms with Crippen molar-refractivity contribution < 1.29 is 0 Å². The van der Waals surface area contributed by atoms with Gasteiger partial charge < -0.3 is 5.73 Å². The minimum absolute atomic E-state index is 0.396. The van der Waals surface area contributed by atoms with E-state index in [0.29, 0.717) is 12.0 Å². The predicted octanol–water partition coefficient (Wildman–Crippen LogP) is 1.31. The van der Waals surface area contributed by atoms with Gasteiger partial charge in [-0.2, -0.15) is 0 Å². The molecular formula is C10H17N3S. The van der Waals surface area contributed by atoms with Crippen LogP contribution >= 0.6 is 11.3 Å². The number of piperidine rings is 1. The van der Waals surface area contributed by atoms with Gasteiger partial charge in [-0.25, -0.2) is 0 Å². The molecule has 1 saturated heterocycles. The molecule has 78 valence electrons. The van der Waals surface area contributed by atoms with E-state index in [-0.39, 0.29) is 0 Å². The van der Waals surface area contributed by atoms with E-state index in [2.05, 4.69) is 16.8 Å². The highest BCUT2D eigenvalue weighted by Crippen LogP contribution is 2.18. The van der Waals surface area contributed by atoms with Gasteiger partial charge in [0.2, 0.25) is 0 Å². The number of rotatable bonds is 2. The summed E-state index contributed by atoms with van der Waals surface area (Å²) in [6.07, 6.45) is 3.09. The summed E-state index contributed by atoms with van der Waals surface area (Å²) in [4.78, 5) is 7.92. The molecule has 0 saturated carbocycles. The highest BCUT2D eigenvalue weighted by Gasteiger charge is 2.22. The van der Waals surface area contributed by atoms with Gasteiger partial charge in [-0.05, 0) is 12.3 Å². The first-order chi connectivity index (χ1) is 6.75. The van der Waals surface area contributed by atoms with Crippen molar-refractivity contribution >= 4 is 11.3 Å². The second-order valence-corrected chi connectivity index (χ2v) is 5.10. The topological polar surface area (TPSA) is 42.2 Å². The molecule has 0 aromatic carbocycles. The molecule has 2 unspecified atom stereocenters. The van der Waals surface area contributed by atoms with Gasteiger partial charge in [0, 0.05) is 36.8 Å². The number of hydrogen-bond donors (Lipinski definition) is 1. The molecular weight excluding hydrogens is 194 g/mol. The second kappa shape index (κ2) is 4.38. The summed E-state index contributed by atoms with van der Waals surface area (Å²) < 4.78 is 0. The fraction of sp³-hybridized carbons (Fsp3) is 0.700. The van der Waals surface area contributed by atoms with E-state index in [4.69, 9.17) is 5.73 Å². The molecule has 4 heteroatoms. The number of hydrogen-bond acceptors (Lipinski definition) is 4. The Balaban J connectivity index is 1.88. The van der Waals surface area contributed by atoms with Crippen molar-refractivity contribution in [1.82, 2.24) is 9.88 Å². The van der Waals surface area contributed by atoms with Crippen LogP contribution in [0.2, 0.25) is 0 Å². The molecule has 3 nitrogen and oxygen atoms in total. The Morgan fingerprint density at radius 2 is 2.57 bits per heavy atom. The largest absolute Gasteiger partial charge is 0.327 e. The Labute approximate surface area is 88.9 Å². The quantitative estimate of drug-likeness (QED) is 0.802. The lowest BCUT2D eigenvalue weighted by molar-refractivity contribution is 0.159. The minimum atomic E-state index is 0.396. The zero-order chi connectivity index (χ0) is 9.97. The van der Waals surface area contributed by atoms with E-state index in [1.807, 2.05) is 11.7 Å². The zero-order valence-corrected chi connectivity index (χ0v) is 9.33. The van der Waals surface area contributed by atoms with E-state index in [9.17, 15) is 0 Å². The molecule has 0 spiro atoms. The van der Waals surface area contributed by atoms with Crippen molar-refractivity contribution in [1.29, 1.82) is 0 Å². The first kappa shape index (κ1) is 10.1. The Hall–Kier alpha value is -0.450. The van der Waals surface area contributed by atoms with E-state index >= 15 is 0 Å². The van der Waals surface area contributed by atoms with Crippen LogP contribution in [0.4, 0.5) is 0 Å². The summed E-state index contributed by atoms with van der Waals surface area (Å²) in [5, 5.41) is 0. The third-order valence-corrected chi connectivity index (χ3v) is 3.68. The lowest BCUT2D eigenvalue weighted by Crippen LogP contribution is -2.45. The maximum absolute atomic E-state index is 5.98. The summed E-state index contributed by atoms with van der Waals surface area (Å²) >= 11 is 1.73. The van der Waals surface area contributed by atoms with Crippen LogP contribution in [0.25, 0.3) is 0 Å². The average molecular weight is 211 g/mol. The second-order valence-electron chi connectivity index (χ2n) is 4.13. The highest BCUT2D eigenvalue weighted by atomic mass is 32.1. The van der Waals surface area contributed by atoms with Gasteiger partial charge >= 0.3 is 0 Å². The van der Waals surface area contributed by atoms with Crippen LogP contribution < -0.4 is 5.73 Å². The fourth-order valence-electron chi connectivity index (χ4n) is 1.93. The van der Waals surface area contributed by atoms with Gasteiger partial charge in [0.1, 0.15) is 0 Å². The lowest BCUT2D eigenvalue weighted by Gasteiger charge is -2.34. The summed E-state index contributed by atoms with van der Waals surface area (Å²) in [6, 6.07) is 0.396. The van der Waals surface area contributed by atoms with Crippen molar-refractivity contribution in [3.05, 3.63) is 16.6 Å². The fourth-order valence-corrected chi connectivity index (χ4v) is 2.57. The summed E-state index contributed by atoms with van der Waals surface area (Å²) in [7, 11) is 0. The Morgan fingerprint density at radius 3 is 3.21 bits per heavy atom. The lowest BCUT2D eigenvalue weighted by atomic mass is 9.95. The smallest absolute Gasteiger partial charge is 0.0794 e. The van der Waals surface area contributed by atoms with E-state index < -0.39 is 0 Å². The molecule has 2 rings (SSSR count). The number of nitrogens with zero attached hydrogens (tertiary/aromatic N) is 2. The average Bonchev–Trinajstić information content (AvgIpc) is 2.64. The Bertz CT molecular complexity index is 273. The molecule has 1 aromatic rings. The number of aromatic nitrogens is 1. The van der Waals surface area contributed by atoms with E-state index in [0.717, 1.165) is 26.1 Å². The van der Waals surface area contributed by atoms with Gasteiger partial charge in [-0.15, -0.1) is 11.3 Å². The molecule has 0 amide bonds. The van der Waals surface area contributed by atoms with Crippen LogP contribution in [-0.2, 0) is 6.54 Å². The van der Waals surface area contributed by atoms with Gasteiger partial charge in [0.25, 0.3) is 0 Å². The van der Waals surface area contributed by atoms with Crippen molar-refractivity contribution in [2.45, 2.75) is 25.9 Å². The highest BCUT2D eigenvalue weighted by molar-refractivity contribution is 7.09. The molecule has 2 N–H and O–H groups in total. The molecule has 2 atom stereocenters. The van der Waals surface area contributed by atoms with Crippen molar-refractivity contribution in [3.63, 3.8) is 0 Å². The molecule has 1 fully saturated rings. The van der Waals surface area contributed by atoms with Gasteiger partial charge in [0.05, 0.1) is 5.51 Å². The number of likely N-dealkylation sites (tertiary alicyclic amines) is 1. The maximum atomic E-state index is 5.98. The van der Waals surface area contributed by atoms with Gasteiger partial charge in [0.15, 0.2) is 0 Å². The Kier molecular flexibility index (Phi) is 3.15. The Morgan fingerprint density at radius 1 is 1.71 bits per heavy atom. The van der Waals surface area contributed by atoms with Crippen LogP contribution in [0.5, 0.6) is 0 Å². The minimum Gasteiger partial charge on any atom is -0.327 e. The predicted molar refractivity (Wildman–Crippen MR) is 59.1 cm³/mol. The molecule has 14 heavy (non-hydrogen) atoms. The molecule has 1 aliphatic rings. The normalized spacial score (nSPS) is 29.3. The first-order valence-corrected chi connectivity index (χ1v) is 5.99. The summed E-state index contributed by atoms with van der Waals surface area (Å²) in [6.45, 7) is 5.54. The maximum Gasteiger partial charge on any atom is 0.0794 e. The number of thiazole rings is 1. The first-order valence-electron chi connectivity index (χ1n) is 5.11. The zero-order valence-electron chi connectivity index (χ0n) is 8.52. The molecule has 2 heterocycles. The molecule has 0 bridgehead atoms. The molecule has 0 aliphatic carbocycles. The molecule has 0 radical (unpaired) electrons. The van der Waals surface area contributed by atoms with Gasteiger partial charge in [-0.1, -0.05) is 6.92 Å². The van der Waals surface area contributed by atoms with Crippen LogP contribution in [-0.4, -0.2) is 29.0 Å². The summed E-state index contributed by atoms with van der Waals surface area (Å²) in [5.74, 6) is 0.622. The standard InChI is InChI=1S/C10H17N3S/c1-8-5-13(3-2-10(8)11)6-9-4-12-7-14-9/h4,7-8,10H,2-3,5-6,11H2,1H3. The van der Waals surface area contributed by atoms with Crippen molar-refractivity contribution in [3.8, 4) is 0 Å². The monoisotopic (exact) mass is 211 g/mol. The molecule has 1 aromatic heterocycles. The van der Waals surface area contributed by atoms with Crippen LogP contribution in [0.3, 0.4) is 0 Å². The van der Waals surface area contributed by atoms with Crippen LogP contribution in [0.1, 0.15) is 18.2 Å². The van der Waals surface area contributed by atoms with E-state index in [1.165, 1.54) is 4.88 Å². The molecule has 1 aliphatic heterocycles. The SMILES string of the molecule is CC1CN(Cc2cncs2)CCC1N. The van der Waals surface area contributed by atoms with Crippen LogP contribution in [0.15, 0.2) is 11.7 Å². The third kappa shape index (κ3) is 2.32. The van der Waals surface area contributed by atoms with Crippen molar-refractivity contribution in [2.24, 2.45) is 11.7 Å². The van der Waals surface area contributed by atoms with Crippen molar-refractivity contribution in [2.75, 3.05) is 13.1 Å². The number of nitrogens with two attached hydrogens (primary N) is 1.